The van der Waals surface area contributed by atoms with Crippen molar-refractivity contribution in [3.8, 4) is 0 Å². The molecule has 0 bridgehead atoms. The Labute approximate surface area is 147 Å². The van der Waals surface area contributed by atoms with Gasteiger partial charge in [-0.15, -0.1) is 5.10 Å². The molecule has 0 aliphatic carbocycles. The van der Waals surface area contributed by atoms with E-state index in [0.29, 0.717) is 12.3 Å². The van der Waals surface area contributed by atoms with Crippen LogP contribution in [0.5, 0.6) is 0 Å². The molecule has 0 unspecified atom stereocenters. The molecule has 9 heteroatoms. The Morgan fingerprint density at radius 1 is 1.36 bits per heavy atom. The number of rotatable bonds is 8. The summed E-state index contributed by atoms with van der Waals surface area (Å²) in [6.45, 7) is 6.70. The zero-order chi connectivity index (χ0) is 17.6. The topological polar surface area (TPSA) is 96.2 Å². The summed E-state index contributed by atoms with van der Waals surface area (Å²) < 4.78 is 1.43. The molecule has 2 atom stereocenters. The van der Waals surface area contributed by atoms with Gasteiger partial charge in [-0.05, 0) is 29.2 Å². The Kier molecular flexibility index (Phi) is 5.95. The second kappa shape index (κ2) is 8.37. The number of tetrazole rings is 1. The molecular formula is C16H27N7O2. The third kappa shape index (κ3) is 4.75. The van der Waals surface area contributed by atoms with E-state index in [4.69, 9.17) is 0 Å². The van der Waals surface area contributed by atoms with Gasteiger partial charge in [-0.25, -0.2) is 4.68 Å². The molecule has 2 aliphatic heterocycles. The van der Waals surface area contributed by atoms with Crippen LogP contribution in [0, 0.1) is 5.92 Å². The fraction of sp³-hybridized carbons (Fsp3) is 0.812. The molecular weight excluding hydrogens is 322 g/mol. The average Bonchev–Trinajstić information content (AvgIpc) is 3.29. The smallest absolute Gasteiger partial charge is 0.242 e. The molecule has 9 nitrogen and oxygen atoms in total. The van der Waals surface area contributed by atoms with Gasteiger partial charge >= 0.3 is 0 Å². The van der Waals surface area contributed by atoms with Crippen molar-refractivity contribution in [1.29, 1.82) is 0 Å². The number of carbonyl (C=O) groups excluding carboxylic acids is 2. The molecule has 0 radical (unpaired) electrons. The molecule has 2 saturated heterocycles. The number of hydrogen-bond donors (Lipinski definition) is 1. The summed E-state index contributed by atoms with van der Waals surface area (Å²) in [5.41, 5.74) is 0. The molecule has 3 heterocycles. The zero-order valence-corrected chi connectivity index (χ0v) is 14.8. The van der Waals surface area contributed by atoms with Crippen LogP contribution in [0.15, 0.2) is 6.33 Å². The van der Waals surface area contributed by atoms with Gasteiger partial charge in [0.1, 0.15) is 12.9 Å². The fourth-order valence-corrected chi connectivity index (χ4v) is 3.82. The summed E-state index contributed by atoms with van der Waals surface area (Å²) in [4.78, 5) is 28.3. The number of aromatic nitrogens is 4. The van der Waals surface area contributed by atoms with Gasteiger partial charge in [0.15, 0.2) is 0 Å². The van der Waals surface area contributed by atoms with Crippen molar-refractivity contribution < 1.29 is 9.59 Å². The molecule has 0 saturated carbocycles. The predicted octanol–water partition coefficient (Wildman–Crippen LogP) is -0.488. The van der Waals surface area contributed by atoms with Crippen LogP contribution in [0.4, 0.5) is 0 Å². The first-order valence-electron chi connectivity index (χ1n) is 9.16. The predicted molar refractivity (Wildman–Crippen MR) is 90.4 cm³/mol. The van der Waals surface area contributed by atoms with E-state index in [2.05, 4.69) is 32.7 Å². The second-order valence-corrected chi connectivity index (χ2v) is 6.97. The standard InChI is InChI=1S/C16H27N7O2/c1-2-4-13-9-21(7-8-22-6-3-5-16(22)25)10-14(13)18-15(24)11-23-12-17-19-20-23/h12-14H,2-11H2,1H3,(H,18,24)/t13-,14-/m1/s1. The molecule has 138 valence electrons. The first kappa shape index (κ1) is 17.8. The maximum atomic E-state index is 12.2. The van der Waals surface area contributed by atoms with Crippen molar-refractivity contribution in [2.45, 2.75) is 45.2 Å². The first-order valence-corrected chi connectivity index (χ1v) is 9.16. The summed E-state index contributed by atoms with van der Waals surface area (Å²) in [5, 5.41) is 14.0. The largest absolute Gasteiger partial charge is 0.350 e. The van der Waals surface area contributed by atoms with Gasteiger partial charge < -0.3 is 10.2 Å². The van der Waals surface area contributed by atoms with E-state index in [1.54, 1.807) is 0 Å². The molecule has 25 heavy (non-hydrogen) atoms. The second-order valence-electron chi connectivity index (χ2n) is 6.97. The highest BCUT2D eigenvalue weighted by Crippen LogP contribution is 2.22. The minimum Gasteiger partial charge on any atom is -0.350 e. The molecule has 2 aliphatic rings. The van der Waals surface area contributed by atoms with Crippen LogP contribution in [-0.2, 0) is 16.1 Å². The molecule has 0 aromatic carbocycles. The highest BCUT2D eigenvalue weighted by atomic mass is 16.2. The van der Waals surface area contributed by atoms with Crippen molar-refractivity contribution >= 4 is 11.8 Å². The Bertz CT molecular complexity index is 577. The summed E-state index contributed by atoms with van der Waals surface area (Å²) in [5.74, 6) is 0.669. The third-order valence-corrected chi connectivity index (χ3v) is 5.08. The van der Waals surface area contributed by atoms with Gasteiger partial charge in [0.2, 0.25) is 11.8 Å². The van der Waals surface area contributed by atoms with E-state index in [-0.39, 0.29) is 24.4 Å². The van der Waals surface area contributed by atoms with E-state index in [1.165, 1.54) is 11.0 Å². The quantitative estimate of drug-likeness (QED) is 0.680. The molecule has 1 aromatic rings. The van der Waals surface area contributed by atoms with Crippen molar-refractivity contribution in [2.24, 2.45) is 5.92 Å². The highest BCUT2D eigenvalue weighted by molar-refractivity contribution is 5.78. The minimum absolute atomic E-state index is 0.0602. The summed E-state index contributed by atoms with van der Waals surface area (Å²) >= 11 is 0. The number of nitrogens with one attached hydrogen (secondary N) is 1. The van der Waals surface area contributed by atoms with Gasteiger partial charge in [0, 0.05) is 45.2 Å². The van der Waals surface area contributed by atoms with E-state index in [9.17, 15) is 9.59 Å². The Morgan fingerprint density at radius 2 is 2.24 bits per heavy atom. The summed E-state index contributed by atoms with van der Waals surface area (Å²) in [7, 11) is 0. The van der Waals surface area contributed by atoms with Crippen LogP contribution >= 0.6 is 0 Å². The van der Waals surface area contributed by atoms with E-state index < -0.39 is 0 Å². The lowest BCUT2D eigenvalue weighted by Gasteiger charge is -2.21. The average molecular weight is 349 g/mol. The molecule has 0 spiro atoms. The molecule has 2 amide bonds. The van der Waals surface area contributed by atoms with Crippen LogP contribution in [-0.4, -0.2) is 80.6 Å². The van der Waals surface area contributed by atoms with Crippen LogP contribution in [0.3, 0.4) is 0 Å². The minimum atomic E-state index is -0.0602. The summed E-state index contributed by atoms with van der Waals surface area (Å²) in [6.07, 6.45) is 5.30. The van der Waals surface area contributed by atoms with Gasteiger partial charge in [-0.2, -0.15) is 0 Å². The number of carbonyl (C=O) groups is 2. The monoisotopic (exact) mass is 349 g/mol. The number of amides is 2. The maximum absolute atomic E-state index is 12.2. The SMILES string of the molecule is CCC[C@@H]1CN(CCN2CCCC2=O)C[C@H]1NC(=O)Cn1cnnn1. The lowest BCUT2D eigenvalue weighted by Crippen LogP contribution is -2.42. The van der Waals surface area contributed by atoms with Gasteiger partial charge in [0.25, 0.3) is 0 Å². The maximum Gasteiger partial charge on any atom is 0.242 e. The zero-order valence-electron chi connectivity index (χ0n) is 14.8. The number of hydrogen-bond acceptors (Lipinski definition) is 6. The van der Waals surface area contributed by atoms with Crippen LogP contribution in [0.25, 0.3) is 0 Å². The van der Waals surface area contributed by atoms with Crippen molar-refractivity contribution in [2.75, 3.05) is 32.7 Å². The lowest BCUT2D eigenvalue weighted by molar-refractivity contribution is -0.127. The van der Waals surface area contributed by atoms with Crippen molar-refractivity contribution in [1.82, 2.24) is 35.3 Å². The highest BCUT2D eigenvalue weighted by Gasteiger charge is 2.33. The molecule has 1 aromatic heterocycles. The van der Waals surface area contributed by atoms with Crippen LogP contribution in [0.1, 0.15) is 32.6 Å². The van der Waals surface area contributed by atoms with Crippen LogP contribution in [0.2, 0.25) is 0 Å². The Morgan fingerprint density at radius 3 is 2.92 bits per heavy atom. The van der Waals surface area contributed by atoms with Gasteiger partial charge in [0.05, 0.1) is 0 Å². The normalized spacial score (nSPS) is 24.2. The third-order valence-electron chi connectivity index (χ3n) is 5.08. The number of nitrogens with zero attached hydrogens (tertiary/aromatic N) is 6. The Balaban J connectivity index is 1.49. The van der Waals surface area contributed by atoms with Crippen LogP contribution < -0.4 is 5.32 Å². The molecule has 1 N–H and O–H groups in total. The van der Waals surface area contributed by atoms with Crippen molar-refractivity contribution in [3.05, 3.63) is 6.33 Å². The van der Waals surface area contributed by atoms with E-state index in [0.717, 1.165) is 52.0 Å². The van der Waals surface area contributed by atoms with Gasteiger partial charge in [-0.3, -0.25) is 14.5 Å². The Hall–Kier alpha value is -2.03. The van der Waals surface area contributed by atoms with E-state index in [1.807, 2.05) is 4.90 Å². The van der Waals surface area contributed by atoms with Crippen molar-refractivity contribution in [3.63, 3.8) is 0 Å². The molecule has 3 rings (SSSR count). The summed E-state index contributed by atoms with van der Waals surface area (Å²) in [6, 6.07) is 0.151. The first-order chi connectivity index (χ1) is 12.2. The van der Waals surface area contributed by atoms with E-state index >= 15 is 0 Å². The number of likely N-dealkylation sites (tertiary alicyclic amines) is 2. The molecule has 2 fully saturated rings. The van der Waals surface area contributed by atoms with Gasteiger partial charge in [-0.1, -0.05) is 13.3 Å². The lowest BCUT2D eigenvalue weighted by atomic mass is 9.98. The fourth-order valence-electron chi connectivity index (χ4n) is 3.82.